The Morgan fingerprint density at radius 1 is 0.931 bits per heavy atom. The Morgan fingerprint density at radius 2 is 1.69 bits per heavy atom. The molecule has 0 saturated heterocycles. The average Bonchev–Trinajstić information content (AvgIpc) is 2.77. The van der Waals surface area contributed by atoms with Crippen LogP contribution in [0.15, 0.2) is 66.7 Å². The second-order valence-electron chi connectivity index (χ2n) is 6.95. The van der Waals surface area contributed by atoms with E-state index in [1.165, 1.54) is 0 Å². The fraction of sp³-hybridized carbons (Fsp3) is 0.208. The zero-order valence-corrected chi connectivity index (χ0v) is 16.5. The third-order valence-corrected chi connectivity index (χ3v) is 5.10. The molecule has 0 spiro atoms. The highest BCUT2D eigenvalue weighted by Gasteiger charge is 2.28. The second kappa shape index (κ2) is 8.27. The molecule has 0 fully saturated rings. The summed E-state index contributed by atoms with van der Waals surface area (Å²) in [4.78, 5) is 12.3. The van der Waals surface area contributed by atoms with Crippen LogP contribution in [0.2, 0.25) is 0 Å². The number of benzene rings is 3. The number of carbonyl (C=O) groups excluding carboxylic acids is 1. The first-order valence-electron chi connectivity index (χ1n) is 9.50. The standard InChI is InChI=1S/C24H23NO4/c1-27-22-12-20-19(13-24(26)25-21(20)14-23(22)28-2)17-9-6-10-18(11-17)29-15-16-7-4-3-5-8-16/h3-12,14,19H,13,15H2,1-2H3,(H,25,26)/t19-/m0/s1. The van der Waals surface area contributed by atoms with Crippen LogP contribution in [0.25, 0.3) is 0 Å². The van der Waals surface area contributed by atoms with Gasteiger partial charge in [-0.15, -0.1) is 0 Å². The lowest BCUT2D eigenvalue weighted by molar-refractivity contribution is -0.116. The van der Waals surface area contributed by atoms with Crippen LogP contribution in [0.1, 0.15) is 29.0 Å². The van der Waals surface area contributed by atoms with Crippen LogP contribution in [0.4, 0.5) is 5.69 Å². The summed E-state index contributed by atoms with van der Waals surface area (Å²) in [5, 5.41) is 2.94. The molecule has 1 aliphatic rings. The van der Waals surface area contributed by atoms with Crippen LogP contribution >= 0.6 is 0 Å². The normalized spacial score (nSPS) is 15.2. The van der Waals surface area contributed by atoms with E-state index in [4.69, 9.17) is 14.2 Å². The maximum absolute atomic E-state index is 12.3. The maximum Gasteiger partial charge on any atom is 0.225 e. The molecule has 1 aliphatic heterocycles. The third kappa shape index (κ3) is 4.04. The van der Waals surface area contributed by atoms with Crippen molar-refractivity contribution < 1.29 is 19.0 Å². The smallest absolute Gasteiger partial charge is 0.225 e. The molecule has 1 heterocycles. The molecule has 5 heteroatoms. The average molecular weight is 389 g/mol. The van der Waals surface area contributed by atoms with Gasteiger partial charge < -0.3 is 19.5 Å². The largest absolute Gasteiger partial charge is 0.493 e. The van der Waals surface area contributed by atoms with E-state index < -0.39 is 0 Å². The molecule has 0 bridgehead atoms. The zero-order valence-electron chi connectivity index (χ0n) is 16.5. The molecule has 3 aromatic rings. The molecule has 4 rings (SSSR count). The number of rotatable bonds is 6. The van der Waals surface area contributed by atoms with Gasteiger partial charge in [0.15, 0.2) is 11.5 Å². The van der Waals surface area contributed by atoms with Gasteiger partial charge in [0.25, 0.3) is 0 Å². The number of fused-ring (bicyclic) bond motifs is 1. The summed E-state index contributed by atoms with van der Waals surface area (Å²) in [5.41, 5.74) is 3.89. The molecular weight excluding hydrogens is 366 g/mol. The Morgan fingerprint density at radius 3 is 2.45 bits per heavy atom. The van der Waals surface area contributed by atoms with Crippen molar-refractivity contribution in [3.05, 3.63) is 83.4 Å². The van der Waals surface area contributed by atoms with Crippen molar-refractivity contribution in [3.8, 4) is 17.2 Å². The minimum Gasteiger partial charge on any atom is -0.493 e. The molecule has 148 valence electrons. The fourth-order valence-corrected chi connectivity index (χ4v) is 3.65. The molecule has 3 aromatic carbocycles. The molecular formula is C24H23NO4. The van der Waals surface area contributed by atoms with Gasteiger partial charge in [-0.1, -0.05) is 42.5 Å². The first-order chi connectivity index (χ1) is 14.2. The predicted molar refractivity (Wildman–Crippen MR) is 112 cm³/mol. The molecule has 5 nitrogen and oxygen atoms in total. The minimum atomic E-state index is -0.0844. The van der Waals surface area contributed by atoms with E-state index in [2.05, 4.69) is 5.32 Å². The molecule has 1 N–H and O–H groups in total. The SMILES string of the molecule is COc1cc2c(cc1OC)[C@H](c1cccc(OCc3ccccc3)c1)CC(=O)N2. The second-order valence-corrected chi connectivity index (χ2v) is 6.95. The van der Waals surface area contributed by atoms with Crippen molar-refractivity contribution in [2.75, 3.05) is 19.5 Å². The van der Waals surface area contributed by atoms with Crippen LogP contribution in [0, 0.1) is 0 Å². The van der Waals surface area contributed by atoms with Crippen molar-refractivity contribution in [1.29, 1.82) is 0 Å². The summed E-state index contributed by atoms with van der Waals surface area (Å²) in [6.45, 7) is 0.497. The van der Waals surface area contributed by atoms with E-state index in [0.29, 0.717) is 24.5 Å². The molecule has 0 saturated carbocycles. The summed E-state index contributed by atoms with van der Waals surface area (Å²) >= 11 is 0. The highest BCUT2D eigenvalue weighted by Crippen LogP contribution is 2.43. The molecule has 0 radical (unpaired) electrons. The van der Waals surface area contributed by atoms with Crippen LogP contribution in [0.5, 0.6) is 17.2 Å². The van der Waals surface area contributed by atoms with Gasteiger partial charge in [-0.25, -0.2) is 0 Å². The summed E-state index contributed by atoms with van der Waals surface area (Å²) in [7, 11) is 3.19. The molecule has 1 amide bonds. The quantitative estimate of drug-likeness (QED) is 0.661. The predicted octanol–water partition coefficient (Wildman–Crippen LogP) is 4.76. The number of carbonyl (C=O) groups is 1. The lowest BCUT2D eigenvalue weighted by Gasteiger charge is -2.27. The van der Waals surface area contributed by atoms with Gasteiger partial charge in [0.1, 0.15) is 12.4 Å². The van der Waals surface area contributed by atoms with E-state index >= 15 is 0 Å². The van der Waals surface area contributed by atoms with E-state index in [-0.39, 0.29) is 11.8 Å². The van der Waals surface area contributed by atoms with Gasteiger partial charge in [-0.05, 0) is 34.9 Å². The van der Waals surface area contributed by atoms with E-state index in [9.17, 15) is 4.79 Å². The fourth-order valence-electron chi connectivity index (χ4n) is 3.65. The Bertz CT molecular complexity index is 1020. The number of ether oxygens (including phenoxy) is 3. The van der Waals surface area contributed by atoms with Crippen LogP contribution < -0.4 is 19.5 Å². The summed E-state index contributed by atoms with van der Waals surface area (Å²) in [6.07, 6.45) is 0.366. The van der Waals surface area contributed by atoms with Gasteiger partial charge in [0, 0.05) is 24.1 Å². The highest BCUT2D eigenvalue weighted by atomic mass is 16.5. The maximum atomic E-state index is 12.3. The summed E-state index contributed by atoms with van der Waals surface area (Å²) in [6, 6.07) is 21.7. The van der Waals surface area contributed by atoms with Crippen molar-refractivity contribution in [1.82, 2.24) is 0 Å². The molecule has 29 heavy (non-hydrogen) atoms. The van der Waals surface area contributed by atoms with Crippen molar-refractivity contribution in [2.24, 2.45) is 0 Å². The first kappa shape index (κ1) is 18.9. The number of hydrogen-bond acceptors (Lipinski definition) is 4. The van der Waals surface area contributed by atoms with Gasteiger partial charge in [-0.2, -0.15) is 0 Å². The number of nitrogens with one attached hydrogen (secondary N) is 1. The number of hydrogen-bond donors (Lipinski definition) is 1. The van der Waals surface area contributed by atoms with Crippen LogP contribution in [-0.2, 0) is 11.4 Å². The van der Waals surface area contributed by atoms with Crippen LogP contribution in [0.3, 0.4) is 0 Å². The van der Waals surface area contributed by atoms with Crippen molar-refractivity contribution >= 4 is 11.6 Å². The van der Waals surface area contributed by atoms with E-state index in [1.54, 1.807) is 14.2 Å². The first-order valence-corrected chi connectivity index (χ1v) is 9.50. The Labute approximate surface area is 170 Å². The van der Waals surface area contributed by atoms with Crippen molar-refractivity contribution in [3.63, 3.8) is 0 Å². The van der Waals surface area contributed by atoms with Gasteiger partial charge in [0.05, 0.1) is 14.2 Å². The summed E-state index contributed by atoms with van der Waals surface area (Å²) < 4.78 is 16.8. The topological polar surface area (TPSA) is 56.8 Å². The van der Waals surface area contributed by atoms with E-state index in [1.807, 2.05) is 66.7 Å². The molecule has 1 atom stereocenters. The van der Waals surface area contributed by atoms with Crippen LogP contribution in [-0.4, -0.2) is 20.1 Å². The van der Waals surface area contributed by atoms with Gasteiger partial charge in [-0.3, -0.25) is 4.79 Å². The molecule has 0 aliphatic carbocycles. The van der Waals surface area contributed by atoms with Gasteiger partial charge >= 0.3 is 0 Å². The van der Waals surface area contributed by atoms with E-state index in [0.717, 1.165) is 28.1 Å². The van der Waals surface area contributed by atoms with Gasteiger partial charge in [0.2, 0.25) is 5.91 Å². The summed E-state index contributed by atoms with van der Waals surface area (Å²) in [5.74, 6) is 1.90. The minimum absolute atomic E-state index is 0.0228. The Balaban J connectivity index is 1.64. The highest BCUT2D eigenvalue weighted by molar-refractivity contribution is 5.96. The number of amides is 1. The molecule has 0 unspecified atom stereocenters. The Kier molecular flexibility index (Phi) is 5.38. The third-order valence-electron chi connectivity index (χ3n) is 5.10. The molecule has 0 aromatic heterocycles. The zero-order chi connectivity index (χ0) is 20.2. The lowest BCUT2D eigenvalue weighted by Crippen LogP contribution is -2.23. The Hall–Kier alpha value is -3.47. The number of anilines is 1. The van der Waals surface area contributed by atoms with Crippen molar-refractivity contribution in [2.45, 2.75) is 18.9 Å². The monoisotopic (exact) mass is 389 g/mol. The number of methoxy groups -OCH3 is 2. The lowest BCUT2D eigenvalue weighted by atomic mass is 9.84.